The first-order valence-electron chi connectivity index (χ1n) is 9.76. The number of carbonyl (C=O) groups excluding carboxylic acids is 1. The third-order valence-corrected chi connectivity index (χ3v) is 5.23. The minimum atomic E-state index is 0.234. The van der Waals surface area contributed by atoms with Crippen LogP contribution >= 0.6 is 0 Å². The maximum Gasteiger partial charge on any atom is 0.222 e. The summed E-state index contributed by atoms with van der Waals surface area (Å²) in [6, 6.07) is 8.27. The van der Waals surface area contributed by atoms with Crippen molar-refractivity contribution in [3.63, 3.8) is 0 Å². The Kier molecular flexibility index (Phi) is 6.37. The molecule has 144 valence electrons. The van der Waals surface area contributed by atoms with E-state index in [2.05, 4.69) is 19.9 Å². The van der Waals surface area contributed by atoms with Crippen molar-refractivity contribution in [3.8, 4) is 0 Å². The largest absolute Gasteiger partial charge is 0.356 e. The molecule has 6 nitrogen and oxygen atoms in total. The van der Waals surface area contributed by atoms with Crippen LogP contribution in [0.5, 0.6) is 0 Å². The summed E-state index contributed by atoms with van der Waals surface area (Å²) < 4.78 is 0. The van der Waals surface area contributed by atoms with Gasteiger partial charge in [0.05, 0.1) is 0 Å². The van der Waals surface area contributed by atoms with E-state index in [1.165, 1.54) is 0 Å². The second kappa shape index (κ2) is 8.93. The molecule has 27 heavy (non-hydrogen) atoms. The molecule has 0 radical (unpaired) electrons. The van der Waals surface area contributed by atoms with Crippen LogP contribution in [0.3, 0.4) is 0 Å². The van der Waals surface area contributed by atoms with Crippen molar-refractivity contribution in [2.45, 2.75) is 52.0 Å². The number of anilines is 1. The first-order chi connectivity index (χ1) is 13.0. The first-order valence-corrected chi connectivity index (χ1v) is 9.76. The number of piperidine rings is 1. The molecule has 1 aliphatic rings. The zero-order valence-corrected chi connectivity index (χ0v) is 16.6. The zero-order chi connectivity index (χ0) is 19.2. The fourth-order valence-electron chi connectivity index (χ4n) is 3.69. The Labute approximate surface area is 161 Å². The van der Waals surface area contributed by atoms with E-state index in [0.717, 1.165) is 61.8 Å². The summed E-state index contributed by atoms with van der Waals surface area (Å²) in [5.74, 6) is 2.05. The zero-order valence-electron chi connectivity index (χ0n) is 16.6. The van der Waals surface area contributed by atoms with Gasteiger partial charge in [0.15, 0.2) is 0 Å². The van der Waals surface area contributed by atoms with Crippen molar-refractivity contribution in [1.29, 1.82) is 0 Å². The molecule has 0 N–H and O–H groups in total. The number of hydrogen-bond donors (Lipinski definition) is 0. The van der Waals surface area contributed by atoms with Gasteiger partial charge in [0.2, 0.25) is 5.91 Å². The molecular formula is C21H29N5O. The average Bonchev–Trinajstić information content (AvgIpc) is 2.67. The summed E-state index contributed by atoms with van der Waals surface area (Å²) in [6.45, 7) is 5.78. The first kappa shape index (κ1) is 19.3. The number of aromatic nitrogens is 3. The molecule has 2 aromatic heterocycles. The van der Waals surface area contributed by atoms with Crippen LogP contribution in [0.15, 0.2) is 30.5 Å². The molecule has 1 fully saturated rings. The predicted molar refractivity (Wildman–Crippen MR) is 107 cm³/mol. The van der Waals surface area contributed by atoms with Crippen LogP contribution < -0.4 is 4.90 Å². The number of nitrogens with zero attached hydrogens (tertiary/aromatic N) is 5. The lowest BCUT2D eigenvalue weighted by Crippen LogP contribution is -2.46. The Balaban J connectivity index is 1.46. The van der Waals surface area contributed by atoms with Gasteiger partial charge in [0, 0.05) is 56.3 Å². The molecule has 0 bridgehead atoms. The fraction of sp³-hybridized carbons (Fsp3) is 0.524. The van der Waals surface area contributed by atoms with Gasteiger partial charge in [-0.3, -0.25) is 9.78 Å². The van der Waals surface area contributed by atoms with E-state index in [9.17, 15) is 4.79 Å². The smallest absolute Gasteiger partial charge is 0.222 e. The Bertz CT molecular complexity index is 736. The van der Waals surface area contributed by atoms with Crippen LogP contribution in [0.2, 0.25) is 0 Å². The Hall–Kier alpha value is -2.50. The highest BCUT2D eigenvalue weighted by Gasteiger charge is 2.26. The van der Waals surface area contributed by atoms with Gasteiger partial charge in [0.1, 0.15) is 11.6 Å². The number of aryl methyl sites for hydroxylation is 3. The molecule has 1 saturated heterocycles. The minimum Gasteiger partial charge on any atom is -0.356 e. The van der Waals surface area contributed by atoms with E-state index < -0.39 is 0 Å². The second-order valence-electron chi connectivity index (χ2n) is 7.31. The van der Waals surface area contributed by atoms with Gasteiger partial charge in [-0.25, -0.2) is 9.97 Å². The Morgan fingerprint density at radius 2 is 2.00 bits per heavy atom. The van der Waals surface area contributed by atoms with Crippen LogP contribution in [0, 0.1) is 13.8 Å². The van der Waals surface area contributed by atoms with Gasteiger partial charge in [-0.15, -0.1) is 0 Å². The van der Waals surface area contributed by atoms with Crippen molar-refractivity contribution in [2.24, 2.45) is 0 Å². The Morgan fingerprint density at radius 1 is 1.22 bits per heavy atom. The topological polar surface area (TPSA) is 62.2 Å². The molecule has 3 heterocycles. The molecule has 0 saturated carbocycles. The van der Waals surface area contributed by atoms with Crippen molar-refractivity contribution in [1.82, 2.24) is 19.9 Å². The van der Waals surface area contributed by atoms with Gasteiger partial charge in [-0.2, -0.15) is 0 Å². The van der Waals surface area contributed by atoms with Crippen LogP contribution in [-0.2, 0) is 11.2 Å². The van der Waals surface area contributed by atoms with Crippen LogP contribution in [0.4, 0.5) is 5.82 Å². The lowest BCUT2D eigenvalue weighted by Gasteiger charge is -2.37. The summed E-state index contributed by atoms with van der Waals surface area (Å²) in [4.78, 5) is 30.0. The van der Waals surface area contributed by atoms with Crippen LogP contribution in [0.1, 0.15) is 42.9 Å². The summed E-state index contributed by atoms with van der Waals surface area (Å²) in [6.07, 6.45) is 6.04. The molecule has 0 atom stereocenters. The third-order valence-electron chi connectivity index (χ3n) is 5.23. The lowest BCUT2D eigenvalue weighted by atomic mass is 10.0. The lowest BCUT2D eigenvalue weighted by molar-refractivity contribution is -0.132. The number of rotatable bonds is 6. The van der Waals surface area contributed by atoms with Crippen molar-refractivity contribution >= 4 is 11.7 Å². The van der Waals surface area contributed by atoms with E-state index in [1.54, 1.807) is 6.20 Å². The van der Waals surface area contributed by atoms with E-state index >= 15 is 0 Å². The molecule has 1 amide bonds. The molecule has 1 aliphatic heterocycles. The van der Waals surface area contributed by atoms with Crippen molar-refractivity contribution < 1.29 is 4.79 Å². The standard InChI is InChI=1S/C21H29N5O/c1-16-15-20(24-17(2)23-16)26-13-10-19(11-14-26)25(3)21(27)9-6-8-18-7-4-5-12-22-18/h4-5,7,12,15,19H,6,8-11,13-14H2,1-3H3. The van der Waals surface area contributed by atoms with Gasteiger partial charge in [-0.1, -0.05) is 6.07 Å². The maximum atomic E-state index is 12.5. The van der Waals surface area contributed by atoms with E-state index in [1.807, 2.05) is 50.1 Å². The predicted octanol–water partition coefficient (Wildman–Crippen LogP) is 2.94. The molecular weight excluding hydrogens is 338 g/mol. The summed E-state index contributed by atoms with van der Waals surface area (Å²) in [5.41, 5.74) is 2.05. The van der Waals surface area contributed by atoms with Crippen LogP contribution in [-0.4, -0.2) is 51.9 Å². The second-order valence-corrected chi connectivity index (χ2v) is 7.31. The van der Waals surface area contributed by atoms with Gasteiger partial charge in [-0.05, 0) is 51.7 Å². The molecule has 0 spiro atoms. The maximum absolute atomic E-state index is 12.5. The molecule has 0 aliphatic carbocycles. The average molecular weight is 367 g/mol. The number of carbonyl (C=O) groups is 1. The van der Waals surface area contributed by atoms with Crippen molar-refractivity contribution in [2.75, 3.05) is 25.0 Å². The van der Waals surface area contributed by atoms with Gasteiger partial charge < -0.3 is 9.80 Å². The summed E-state index contributed by atoms with van der Waals surface area (Å²) in [7, 11) is 1.95. The highest BCUT2D eigenvalue weighted by molar-refractivity contribution is 5.76. The third kappa shape index (κ3) is 5.25. The summed E-state index contributed by atoms with van der Waals surface area (Å²) >= 11 is 0. The monoisotopic (exact) mass is 367 g/mol. The van der Waals surface area contributed by atoms with Gasteiger partial charge in [0.25, 0.3) is 0 Å². The van der Waals surface area contributed by atoms with E-state index in [0.29, 0.717) is 12.5 Å². The van der Waals surface area contributed by atoms with Gasteiger partial charge >= 0.3 is 0 Å². The SMILES string of the molecule is Cc1cc(N2CCC(N(C)C(=O)CCCc3ccccn3)CC2)nc(C)n1. The van der Waals surface area contributed by atoms with Crippen LogP contribution in [0.25, 0.3) is 0 Å². The van der Waals surface area contributed by atoms with E-state index in [-0.39, 0.29) is 5.91 Å². The number of hydrogen-bond acceptors (Lipinski definition) is 5. The molecule has 6 heteroatoms. The number of amides is 1. The quantitative estimate of drug-likeness (QED) is 0.785. The minimum absolute atomic E-state index is 0.234. The molecule has 2 aromatic rings. The summed E-state index contributed by atoms with van der Waals surface area (Å²) in [5, 5.41) is 0. The Morgan fingerprint density at radius 3 is 2.67 bits per heavy atom. The molecule has 3 rings (SSSR count). The molecule has 0 aromatic carbocycles. The highest BCUT2D eigenvalue weighted by Crippen LogP contribution is 2.22. The number of pyridine rings is 1. The van der Waals surface area contributed by atoms with Crippen molar-refractivity contribution in [3.05, 3.63) is 47.7 Å². The highest BCUT2D eigenvalue weighted by atomic mass is 16.2. The normalized spacial score (nSPS) is 15.0. The fourth-order valence-corrected chi connectivity index (χ4v) is 3.69. The van der Waals surface area contributed by atoms with E-state index in [4.69, 9.17) is 0 Å². The molecule has 0 unspecified atom stereocenters.